The molecule has 1 aromatic rings. The summed E-state index contributed by atoms with van der Waals surface area (Å²) >= 11 is 5.93. The maximum absolute atomic E-state index is 11.9. The summed E-state index contributed by atoms with van der Waals surface area (Å²) in [6, 6.07) is 5.12. The second kappa shape index (κ2) is 8.95. The van der Waals surface area contributed by atoms with Gasteiger partial charge in [0.25, 0.3) is 0 Å². The van der Waals surface area contributed by atoms with Crippen LogP contribution in [0, 0.1) is 0 Å². The van der Waals surface area contributed by atoms with E-state index in [1.165, 1.54) is 0 Å². The molecule has 2 N–H and O–H groups in total. The number of methoxy groups -OCH3 is 1. The first-order valence-corrected chi connectivity index (χ1v) is 7.71. The fourth-order valence-electron chi connectivity index (χ4n) is 2.24. The van der Waals surface area contributed by atoms with Crippen LogP contribution >= 0.6 is 11.6 Å². The Morgan fingerprint density at radius 2 is 2.18 bits per heavy atom. The standard InChI is InChI=1S/C15H22ClN3O3/c1-21-14-3-2-12(16)10-13(14)18-15(20)11-17-4-5-19-6-8-22-9-7-19/h2-3,10,17H,4-9,11H2,1H3,(H,18,20). The maximum Gasteiger partial charge on any atom is 0.238 e. The van der Waals surface area contributed by atoms with E-state index in [9.17, 15) is 4.79 Å². The molecule has 0 spiro atoms. The minimum absolute atomic E-state index is 0.123. The van der Waals surface area contributed by atoms with Crippen molar-refractivity contribution in [2.24, 2.45) is 0 Å². The number of carbonyl (C=O) groups excluding carboxylic acids is 1. The molecule has 7 heteroatoms. The van der Waals surface area contributed by atoms with Crippen molar-refractivity contribution >= 4 is 23.2 Å². The Kier molecular flexibility index (Phi) is 6.92. The molecule has 0 saturated carbocycles. The van der Waals surface area contributed by atoms with Crippen LogP contribution in [0.1, 0.15) is 0 Å². The molecular formula is C15H22ClN3O3. The number of benzene rings is 1. The van der Waals surface area contributed by atoms with Crippen LogP contribution in [0.3, 0.4) is 0 Å². The first-order valence-electron chi connectivity index (χ1n) is 7.33. The second-order valence-corrected chi connectivity index (χ2v) is 5.46. The summed E-state index contributed by atoms with van der Waals surface area (Å²) in [4.78, 5) is 14.3. The average molecular weight is 328 g/mol. The Morgan fingerprint density at radius 3 is 2.91 bits per heavy atom. The lowest BCUT2D eigenvalue weighted by molar-refractivity contribution is -0.115. The Morgan fingerprint density at radius 1 is 1.41 bits per heavy atom. The number of rotatable bonds is 7. The lowest BCUT2D eigenvalue weighted by atomic mass is 10.3. The lowest BCUT2D eigenvalue weighted by Crippen LogP contribution is -2.41. The first-order chi connectivity index (χ1) is 10.7. The zero-order chi connectivity index (χ0) is 15.8. The van der Waals surface area contributed by atoms with Crippen molar-refractivity contribution in [2.75, 3.05) is 58.4 Å². The third-order valence-electron chi connectivity index (χ3n) is 3.43. The molecule has 1 aromatic carbocycles. The van der Waals surface area contributed by atoms with Crippen LogP contribution in [0.25, 0.3) is 0 Å². The van der Waals surface area contributed by atoms with Gasteiger partial charge >= 0.3 is 0 Å². The molecule has 0 aromatic heterocycles. The molecule has 0 atom stereocenters. The molecule has 1 amide bonds. The largest absolute Gasteiger partial charge is 0.495 e. The molecule has 2 rings (SSSR count). The Bertz CT molecular complexity index is 493. The number of nitrogens with zero attached hydrogens (tertiary/aromatic N) is 1. The van der Waals surface area contributed by atoms with E-state index in [1.54, 1.807) is 25.3 Å². The molecule has 1 aliphatic heterocycles. The van der Waals surface area contributed by atoms with Crippen LogP contribution in [0.4, 0.5) is 5.69 Å². The number of morpholine rings is 1. The van der Waals surface area contributed by atoms with Gasteiger partial charge in [0.1, 0.15) is 5.75 Å². The lowest BCUT2D eigenvalue weighted by Gasteiger charge is -2.26. The number of carbonyl (C=O) groups is 1. The molecular weight excluding hydrogens is 306 g/mol. The smallest absolute Gasteiger partial charge is 0.238 e. The third-order valence-corrected chi connectivity index (χ3v) is 3.66. The summed E-state index contributed by atoms with van der Waals surface area (Å²) in [6.07, 6.45) is 0. The number of anilines is 1. The van der Waals surface area contributed by atoms with Crippen molar-refractivity contribution in [1.29, 1.82) is 0 Å². The van der Waals surface area contributed by atoms with Gasteiger partial charge in [-0.2, -0.15) is 0 Å². The molecule has 1 aliphatic rings. The van der Waals surface area contributed by atoms with Gasteiger partial charge in [-0.3, -0.25) is 9.69 Å². The number of hydrogen-bond acceptors (Lipinski definition) is 5. The molecule has 1 heterocycles. The van der Waals surface area contributed by atoms with Crippen LogP contribution in [-0.2, 0) is 9.53 Å². The molecule has 6 nitrogen and oxygen atoms in total. The second-order valence-electron chi connectivity index (χ2n) is 5.02. The number of halogens is 1. The van der Waals surface area contributed by atoms with Crippen LogP contribution in [0.2, 0.25) is 5.02 Å². The van der Waals surface area contributed by atoms with Gasteiger partial charge in [-0.1, -0.05) is 11.6 Å². The summed E-state index contributed by atoms with van der Waals surface area (Å²) < 4.78 is 10.5. The van der Waals surface area contributed by atoms with Crippen molar-refractivity contribution in [3.8, 4) is 5.75 Å². The van der Waals surface area contributed by atoms with E-state index in [-0.39, 0.29) is 12.5 Å². The fraction of sp³-hybridized carbons (Fsp3) is 0.533. The maximum atomic E-state index is 11.9. The van der Waals surface area contributed by atoms with Gasteiger partial charge in [0.05, 0.1) is 32.6 Å². The molecule has 0 unspecified atom stereocenters. The number of nitrogens with one attached hydrogen (secondary N) is 2. The Hall–Kier alpha value is -1.34. The highest BCUT2D eigenvalue weighted by Gasteiger charge is 2.10. The summed E-state index contributed by atoms with van der Waals surface area (Å²) in [7, 11) is 1.56. The van der Waals surface area contributed by atoms with E-state index >= 15 is 0 Å². The first kappa shape index (κ1) is 17.0. The van der Waals surface area contributed by atoms with Gasteiger partial charge < -0.3 is 20.1 Å². The van der Waals surface area contributed by atoms with Gasteiger partial charge in [-0.15, -0.1) is 0 Å². The van der Waals surface area contributed by atoms with E-state index in [4.69, 9.17) is 21.1 Å². The Balaban J connectivity index is 1.70. The normalized spacial score (nSPS) is 15.5. The monoisotopic (exact) mass is 327 g/mol. The van der Waals surface area contributed by atoms with Crippen molar-refractivity contribution in [3.63, 3.8) is 0 Å². The number of ether oxygens (including phenoxy) is 2. The molecule has 1 saturated heterocycles. The van der Waals surface area contributed by atoms with E-state index in [1.807, 2.05) is 0 Å². The van der Waals surface area contributed by atoms with Crippen LogP contribution in [-0.4, -0.2) is 63.9 Å². The number of hydrogen-bond donors (Lipinski definition) is 2. The van der Waals surface area contributed by atoms with Gasteiger partial charge in [0, 0.05) is 31.2 Å². The minimum atomic E-state index is -0.123. The number of amides is 1. The zero-order valence-corrected chi connectivity index (χ0v) is 13.5. The highest BCUT2D eigenvalue weighted by Crippen LogP contribution is 2.27. The molecule has 0 aliphatic carbocycles. The fourth-order valence-corrected chi connectivity index (χ4v) is 2.41. The van der Waals surface area contributed by atoms with Gasteiger partial charge in [-0.05, 0) is 18.2 Å². The van der Waals surface area contributed by atoms with Gasteiger partial charge in [-0.25, -0.2) is 0 Å². The molecule has 122 valence electrons. The molecule has 0 bridgehead atoms. The minimum Gasteiger partial charge on any atom is -0.495 e. The molecule has 22 heavy (non-hydrogen) atoms. The topological polar surface area (TPSA) is 62.8 Å². The summed E-state index contributed by atoms with van der Waals surface area (Å²) in [5.41, 5.74) is 0.579. The highest BCUT2D eigenvalue weighted by molar-refractivity contribution is 6.31. The van der Waals surface area contributed by atoms with Gasteiger partial charge in [0.15, 0.2) is 0 Å². The molecule has 1 fully saturated rings. The highest BCUT2D eigenvalue weighted by atomic mass is 35.5. The van der Waals surface area contributed by atoms with E-state index < -0.39 is 0 Å². The summed E-state index contributed by atoms with van der Waals surface area (Å²) in [6.45, 7) is 5.41. The van der Waals surface area contributed by atoms with Crippen LogP contribution < -0.4 is 15.4 Å². The third kappa shape index (κ3) is 5.46. The van der Waals surface area contributed by atoms with Gasteiger partial charge in [0.2, 0.25) is 5.91 Å². The van der Waals surface area contributed by atoms with E-state index in [0.29, 0.717) is 16.5 Å². The zero-order valence-electron chi connectivity index (χ0n) is 12.7. The Labute approximate surface area is 135 Å². The van der Waals surface area contributed by atoms with Crippen molar-refractivity contribution in [1.82, 2.24) is 10.2 Å². The molecule has 0 radical (unpaired) electrons. The van der Waals surface area contributed by atoms with E-state index in [2.05, 4.69) is 15.5 Å². The van der Waals surface area contributed by atoms with Crippen molar-refractivity contribution < 1.29 is 14.3 Å². The van der Waals surface area contributed by atoms with Crippen molar-refractivity contribution in [3.05, 3.63) is 23.2 Å². The predicted molar refractivity (Wildman–Crippen MR) is 86.8 cm³/mol. The van der Waals surface area contributed by atoms with E-state index in [0.717, 1.165) is 39.4 Å². The summed E-state index contributed by atoms with van der Waals surface area (Å²) in [5.74, 6) is 0.466. The quantitative estimate of drug-likeness (QED) is 0.737. The average Bonchev–Trinajstić information content (AvgIpc) is 2.53. The SMILES string of the molecule is COc1ccc(Cl)cc1NC(=O)CNCCN1CCOCC1. The van der Waals surface area contributed by atoms with Crippen molar-refractivity contribution in [2.45, 2.75) is 0 Å². The van der Waals surface area contributed by atoms with Crippen LogP contribution in [0.15, 0.2) is 18.2 Å². The summed E-state index contributed by atoms with van der Waals surface area (Å²) in [5, 5.41) is 6.48. The predicted octanol–water partition coefficient (Wildman–Crippen LogP) is 1.21. The van der Waals surface area contributed by atoms with Crippen LogP contribution in [0.5, 0.6) is 5.75 Å².